The highest BCUT2D eigenvalue weighted by Gasteiger charge is 2.24. The van der Waals surface area contributed by atoms with Crippen LogP contribution >= 0.6 is 11.3 Å². The van der Waals surface area contributed by atoms with Crippen LogP contribution in [0.15, 0.2) is 66.0 Å². The van der Waals surface area contributed by atoms with E-state index >= 15 is 0 Å². The highest BCUT2D eigenvalue weighted by molar-refractivity contribution is 7.09. The topological polar surface area (TPSA) is 49.9 Å². The molecule has 0 aliphatic rings. The van der Waals surface area contributed by atoms with Crippen molar-refractivity contribution in [1.82, 2.24) is 9.80 Å². The molecule has 0 radical (unpaired) electrons. The first-order valence-corrected chi connectivity index (χ1v) is 11.7. The second-order valence-electron chi connectivity index (χ2n) is 8.10. The van der Waals surface area contributed by atoms with Crippen LogP contribution in [0.25, 0.3) is 0 Å². The normalized spacial score (nSPS) is 10.8. The van der Waals surface area contributed by atoms with E-state index in [2.05, 4.69) is 0 Å². The third-order valence-corrected chi connectivity index (χ3v) is 6.19. The number of amides is 2. The first-order valence-electron chi connectivity index (χ1n) is 10.8. The Morgan fingerprint density at radius 1 is 0.939 bits per heavy atom. The zero-order valence-corrected chi connectivity index (χ0v) is 20.0. The van der Waals surface area contributed by atoms with Crippen molar-refractivity contribution in [2.75, 3.05) is 13.7 Å². The Hall–Kier alpha value is -3.19. The van der Waals surface area contributed by atoms with Gasteiger partial charge in [0.15, 0.2) is 0 Å². The fourth-order valence-electron chi connectivity index (χ4n) is 3.46. The Bertz CT molecular complexity index is 1030. The molecule has 0 spiro atoms. The zero-order valence-electron chi connectivity index (χ0n) is 19.2. The molecule has 0 aliphatic carbocycles. The highest BCUT2D eigenvalue weighted by atomic mass is 32.1. The number of benzene rings is 2. The lowest BCUT2D eigenvalue weighted by Gasteiger charge is -2.30. The maximum atomic E-state index is 13.3. The molecule has 1 aromatic heterocycles. The van der Waals surface area contributed by atoms with E-state index in [0.29, 0.717) is 13.1 Å². The molecule has 1 heterocycles. The predicted octanol–water partition coefficient (Wildman–Crippen LogP) is 4.90. The Balaban J connectivity index is 1.73. The van der Waals surface area contributed by atoms with Crippen LogP contribution in [0.3, 0.4) is 0 Å². The van der Waals surface area contributed by atoms with Gasteiger partial charge in [0.05, 0.1) is 20.1 Å². The first kappa shape index (κ1) is 24.5. The number of nitrogens with zero attached hydrogens (tertiary/aromatic N) is 2. The molecule has 0 N–H and O–H groups in total. The van der Waals surface area contributed by atoms with Crippen molar-refractivity contribution in [3.63, 3.8) is 0 Å². The average Bonchev–Trinajstić information content (AvgIpc) is 3.31. The molecule has 0 fully saturated rings. The van der Waals surface area contributed by atoms with Gasteiger partial charge in [0.2, 0.25) is 11.8 Å². The van der Waals surface area contributed by atoms with Crippen LogP contribution in [0.2, 0.25) is 0 Å². The van der Waals surface area contributed by atoms with Crippen LogP contribution in [0, 0.1) is 5.82 Å². The highest BCUT2D eigenvalue weighted by Crippen LogP contribution is 2.17. The minimum absolute atomic E-state index is 0.0147. The molecular weight excluding hydrogens is 439 g/mol. The second kappa shape index (κ2) is 11.6. The molecule has 0 unspecified atom stereocenters. The maximum absolute atomic E-state index is 13.3. The molecule has 7 heteroatoms. The Morgan fingerprint density at radius 2 is 1.61 bits per heavy atom. The van der Waals surface area contributed by atoms with Gasteiger partial charge in [-0.3, -0.25) is 9.59 Å². The molecule has 2 aromatic carbocycles. The summed E-state index contributed by atoms with van der Waals surface area (Å²) in [6, 6.07) is 17.3. The monoisotopic (exact) mass is 468 g/mol. The minimum atomic E-state index is -0.315. The fourth-order valence-corrected chi connectivity index (χ4v) is 4.18. The van der Waals surface area contributed by atoms with Gasteiger partial charge in [-0.25, -0.2) is 4.39 Å². The second-order valence-corrected chi connectivity index (χ2v) is 9.13. The predicted molar refractivity (Wildman–Crippen MR) is 129 cm³/mol. The number of carbonyl (C=O) groups is 2. The number of halogens is 1. The number of rotatable bonds is 10. The van der Waals surface area contributed by atoms with Crippen molar-refractivity contribution >= 4 is 23.2 Å². The van der Waals surface area contributed by atoms with Crippen molar-refractivity contribution in [1.29, 1.82) is 0 Å². The van der Waals surface area contributed by atoms with Crippen LogP contribution in [0.1, 0.15) is 29.9 Å². The summed E-state index contributed by atoms with van der Waals surface area (Å²) in [4.78, 5) is 30.8. The smallest absolute Gasteiger partial charge is 0.242 e. The van der Waals surface area contributed by atoms with Gasteiger partial charge in [-0.1, -0.05) is 30.3 Å². The van der Waals surface area contributed by atoms with Crippen LogP contribution in [-0.4, -0.2) is 41.3 Å². The van der Waals surface area contributed by atoms with Crippen molar-refractivity contribution in [2.45, 2.75) is 39.4 Å². The largest absolute Gasteiger partial charge is 0.497 e. The molecule has 3 rings (SSSR count). The van der Waals surface area contributed by atoms with Crippen LogP contribution in [0.4, 0.5) is 4.39 Å². The quantitative estimate of drug-likeness (QED) is 0.425. The van der Waals surface area contributed by atoms with Gasteiger partial charge in [-0.15, -0.1) is 11.3 Å². The van der Waals surface area contributed by atoms with E-state index in [4.69, 9.17) is 4.74 Å². The first-order chi connectivity index (χ1) is 15.9. The lowest BCUT2D eigenvalue weighted by Crippen LogP contribution is -2.46. The van der Waals surface area contributed by atoms with Gasteiger partial charge in [0.1, 0.15) is 18.1 Å². The molecular formula is C26H29FN2O3S. The Morgan fingerprint density at radius 3 is 2.18 bits per heavy atom. The molecule has 0 atom stereocenters. The van der Waals surface area contributed by atoms with E-state index in [9.17, 15) is 14.0 Å². The maximum Gasteiger partial charge on any atom is 0.242 e. The fraction of sp³-hybridized carbons (Fsp3) is 0.308. The number of ether oxygens (including phenoxy) is 1. The summed E-state index contributed by atoms with van der Waals surface area (Å²) in [7, 11) is 1.60. The van der Waals surface area contributed by atoms with E-state index in [1.807, 2.05) is 55.6 Å². The van der Waals surface area contributed by atoms with Crippen LogP contribution in [-0.2, 0) is 29.1 Å². The van der Waals surface area contributed by atoms with E-state index in [-0.39, 0.29) is 36.6 Å². The zero-order chi connectivity index (χ0) is 23.8. The summed E-state index contributed by atoms with van der Waals surface area (Å²) in [5.74, 6) is 0.156. The third kappa shape index (κ3) is 7.15. The lowest BCUT2D eigenvalue weighted by molar-refractivity contribution is -0.142. The van der Waals surface area contributed by atoms with Crippen molar-refractivity contribution < 1.29 is 18.7 Å². The number of carbonyl (C=O) groups excluding carboxylic acids is 2. The summed E-state index contributed by atoms with van der Waals surface area (Å²) in [5, 5.41) is 1.97. The number of methoxy groups -OCH3 is 1. The van der Waals surface area contributed by atoms with E-state index in [0.717, 1.165) is 21.8 Å². The summed E-state index contributed by atoms with van der Waals surface area (Å²) < 4.78 is 18.5. The van der Waals surface area contributed by atoms with E-state index < -0.39 is 0 Å². The number of hydrogen-bond donors (Lipinski definition) is 0. The Labute approximate surface area is 198 Å². The van der Waals surface area contributed by atoms with Crippen molar-refractivity contribution in [3.05, 3.63) is 87.9 Å². The molecule has 3 aromatic rings. The summed E-state index contributed by atoms with van der Waals surface area (Å²) in [6.45, 7) is 4.58. The molecule has 0 bridgehead atoms. The molecule has 0 saturated heterocycles. The molecule has 2 amide bonds. The van der Waals surface area contributed by atoms with Gasteiger partial charge in [-0.2, -0.15) is 0 Å². The molecule has 0 aliphatic heterocycles. The molecule has 0 saturated carbocycles. The molecule has 174 valence electrons. The van der Waals surface area contributed by atoms with Gasteiger partial charge >= 0.3 is 0 Å². The molecule has 5 nitrogen and oxygen atoms in total. The standard InChI is InChI=1S/C26H29FN2O3S/c1-19(2)29(25(30)15-20-8-12-23(32-3)13-9-20)18-26(31)28(17-24-5-4-14-33-24)16-21-6-10-22(27)11-7-21/h4-14,19H,15-18H2,1-3H3. The van der Waals surface area contributed by atoms with Crippen LogP contribution < -0.4 is 4.74 Å². The van der Waals surface area contributed by atoms with Gasteiger partial charge in [0.25, 0.3) is 0 Å². The Kier molecular flexibility index (Phi) is 8.60. The summed E-state index contributed by atoms with van der Waals surface area (Å²) in [5.41, 5.74) is 1.70. The molecule has 33 heavy (non-hydrogen) atoms. The minimum Gasteiger partial charge on any atom is -0.497 e. The third-order valence-electron chi connectivity index (χ3n) is 5.33. The average molecular weight is 469 g/mol. The van der Waals surface area contributed by atoms with Crippen LogP contribution in [0.5, 0.6) is 5.75 Å². The van der Waals surface area contributed by atoms with Gasteiger partial charge < -0.3 is 14.5 Å². The number of hydrogen-bond acceptors (Lipinski definition) is 4. The summed E-state index contributed by atoms with van der Waals surface area (Å²) >= 11 is 1.57. The summed E-state index contributed by atoms with van der Waals surface area (Å²) in [6.07, 6.45) is 0.207. The van der Waals surface area contributed by atoms with E-state index in [1.165, 1.54) is 12.1 Å². The van der Waals surface area contributed by atoms with E-state index in [1.54, 1.807) is 40.4 Å². The van der Waals surface area contributed by atoms with Crippen molar-refractivity contribution in [2.24, 2.45) is 0 Å². The SMILES string of the molecule is COc1ccc(CC(=O)N(CC(=O)N(Cc2ccc(F)cc2)Cc2cccs2)C(C)C)cc1. The van der Waals surface area contributed by atoms with Crippen molar-refractivity contribution in [3.8, 4) is 5.75 Å². The van der Waals surface area contributed by atoms with Gasteiger partial charge in [0, 0.05) is 17.5 Å². The lowest BCUT2D eigenvalue weighted by atomic mass is 10.1. The number of thiophene rings is 1. The van der Waals surface area contributed by atoms with Gasteiger partial charge in [-0.05, 0) is 60.7 Å².